The number of fused-ring (bicyclic) bond motifs is 1. The minimum absolute atomic E-state index is 0.107. The molecule has 3 rings (SSSR count). The standard InChI is InChI=1S/C31H39NO4/c1-3-24(4-2)21-31(35)36-20-19-32(18-17-28-15-14-27-7-5-6-8-30(27)28)22-26-11-9-25(10-12-26)13-16-29(34)23-33/h5-13,15-16,24,33H,3-4,14,17-23H2,1-2H3/b16-13+. The lowest BCUT2D eigenvalue weighted by Gasteiger charge is -2.23. The maximum absolute atomic E-state index is 12.3. The first-order valence-electron chi connectivity index (χ1n) is 13.1. The van der Waals surface area contributed by atoms with Crippen molar-refractivity contribution in [3.8, 4) is 0 Å². The first-order valence-corrected chi connectivity index (χ1v) is 13.1. The highest BCUT2D eigenvalue weighted by atomic mass is 16.5. The van der Waals surface area contributed by atoms with Gasteiger partial charge < -0.3 is 9.84 Å². The zero-order valence-electron chi connectivity index (χ0n) is 21.6. The summed E-state index contributed by atoms with van der Waals surface area (Å²) in [7, 11) is 0. The summed E-state index contributed by atoms with van der Waals surface area (Å²) in [5.74, 6) is -0.0281. The second-order valence-corrected chi connectivity index (χ2v) is 9.42. The van der Waals surface area contributed by atoms with Crippen LogP contribution < -0.4 is 0 Å². The Labute approximate surface area is 215 Å². The smallest absolute Gasteiger partial charge is 0.306 e. The van der Waals surface area contributed by atoms with Crippen LogP contribution in [0, 0.1) is 5.92 Å². The van der Waals surface area contributed by atoms with E-state index in [4.69, 9.17) is 9.84 Å². The highest BCUT2D eigenvalue weighted by molar-refractivity contribution is 5.94. The van der Waals surface area contributed by atoms with Crippen LogP contribution in [0.25, 0.3) is 11.6 Å². The molecule has 0 atom stereocenters. The summed E-state index contributed by atoms with van der Waals surface area (Å²) in [6, 6.07) is 16.6. The van der Waals surface area contributed by atoms with Crippen LogP contribution in [0.3, 0.4) is 0 Å². The van der Waals surface area contributed by atoms with E-state index in [1.54, 1.807) is 6.08 Å². The van der Waals surface area contributed by atoms with Crippen LogP contribution in [0.2, 0.25) is 0 Å². The molecule has 0 amide bonds. The van der Waals surface area contributed by atoms with Gasteiger partial charge in [0.2, 0.25) is 0 Å². The molecule has 1 N–H and O–H groups in total. The normalized spacial score (nSPS) is 12.9. The number of carbonyl (C=O) groups is 2. The van der Waals surface area contributed by atoms with Crippen molar-refractivity contribution in [2.75, 3.05) is 26.3 Å². The minimum Gasteiger partial charge on any atom is -0.464 e. The van der Waals surface area contributed by atoms with E-state index in [9.17, 15) is 9.59 Å². The summed E-state index contributed by atoms with van der Waals surface area (Å²) in [5, 5.41) is 8.87. The summed E-state index contributed by atoms with van der Waals surface area (Å²) in [6.45, 7) is 6.44. The average Bonchev–Trinajstić information content (AvgIpc) is 3.32. The summed E-state index contributed by atoms with van der Waals surface area (Å²) in [5.41, 5.74) is 6.19. The number of esters is 1. The number of rotatable bonds is 15. The van der Waals surface area contributed by atoms with Crippen LogP contribution in [0.15, 0.2) is 60.7 Å². The number of allylic oxidation sites excluding steroid dienone is 1. The second-order valence-electron chi connectivity index (χ2n) is 9.42. The first-order chi connectivity index (χ1) is 17.5. The van der Waals surface area contributed by atoms with E-state index in [0.717, 1.165) is 49.9 Å². The monoisotopic (exact) mass is 489 g/mol. The van der Waals surface area contributed by atoms with Crippen molar-refractivity contribution >= 4 is 23.4 Å². The van der Waals surface area contributed by atoms with Crippen LogP contribution >= 0.6 is 0 Å². The van der Waals surface area contributed by atoms with Crippen LogP contribution in [-0.4, -0.2) is 48.1 Å². The van der Waals surface area contributed by atoms with Gasteiger partial charge in [-0.2, -0.15) is 0 Å². The Hall–Kier alpha value is -3.02. The molecular formula is C31H39NO4. The Morgan fingerprint density at radius 2 is 1.81 bits per heavy atom. The molecule has 0 unspecified atom stereocenters. The largest absolute Gasteiger partial charge is 0.464 e. The molecule has 0 saturated heterocycles. The van der Waals surface area contributed by atoms with Gasteiger partial charge in [-0.25, -0.2) is 0 Å². The van der Waals surface area contributed by atoms with Gasteiger partial charge in [-0.05, 0) is 52.7 Å². The minimum atomic E-state index is -0.480. The number of carbonyl (C=O) groups excluding carboxylic acids is 2. The number of benzene rings is 2. The predicted molar refractivity (Wildman–Crippen MR) is 145 cm³/mol. The lowest BCUT2D eigenvalue weighted by Crippen LogP contribution is -2.29. The van der Waals surface area contributed by atoms with Gasteiger partial charge in [0.25, 0.3) is 0 Å². The van der Waals surface area contributed by atoms with Crippen molar-refractivity contribution in [3.63, 3.8) is 0 Å². The number of aliphatic hydroxyl groups excluding tert-OH is 1. The van der Waals surface area contributed by atoms with Crippen molar-refractivity contribution in [1.29, 1.82) is 0 Å². The fourth-order valence-electron chi connectivity index (χ4n) is 4.53. The highest BCUT2D eigenvalue weighted by Crippen LogP contribution is 2.29. The van der Waals surface area contributed by atoms with Crippen molar-refractivity contribution in [2.24, 2.45) is 5.92 Å². The molecule has 192 valence electrons. The van der Waals surface area contributed by atoms with Crippen LogP contribution in [0.1, 0.15) is 61.8 Å². The third-order valence-corrected chi connectivity index (χ3v) is 6.91. The van der Waals surface area contributed by atoms with E-state index < -0.39 is 6.61 Å². The third-order valence-electron chi connectivity index (χ3n) is 6.91. The van der Waals surface area contributed by atoms with E-state index >= 15 is 0 Å². The summed E-state index contributed by atoms with van der Waals surface area (Å²) in [4.78, 5) is 25.9. The van der Waals surface area contributed by atoms with E-state index in [1.165, 1.54) is 22.8 Å². The molecule has 2 aromatic rings. The zero-order valence-corrected chi connectivity index (χ0v) is 21.6. The van der Waals surface area contributed by atoms with Crippen molar-refractivity contribution in [1.82, 2.24) is 4.90 Å². The van der Waals surface area contributed by atoms with Crippen molar-refractivity contribution in [2.45, 2.75) is 52.5 Å². The van der Waals surface area contributed by atoms with Crippen molar-refractivity contribution in [3.05, 3.63) is 82.9 Å². The van der Waals surface area contributed by atoms with Crippen LogP contribution in [-0.2, 0) is 27.3 Å². The molecule has 1 aliphatic rings. The number of nitrogens with zero attached hydrogens (tertiary/aromatic N) is 1. The molecule has 0 aromatic heterocycles. The molecular weight excluding hydrogens is 450 g/mol. The molecule has 0 bridgehead atoms. The maximum atomic E-state index is 12.3. The van der Waals surface area contributed by atoms with Gasteiger partial charge in [-0.3, -0.25) is 14.5 Å². The molecule has 0 radical (unpaired) electrons. The molecule has 2 aromatic carbocycles. The Kier molecular flexibility index (Phi) is 11.1. The molecule has 36 heavy (non-hydrogen) atoms. The highest BCUT2D eigenvalue weighted by Gasteiger charge is 2.16. The summed E-state index contributed by atoms with van der Waals surface area (Å²) >= 11 is 0. The number of ketones is 1. The Morgan fingerprint density at radius 1 is 1.06 bits per heavy atom. The van der Waals surface area contributed by atoms with E-state index in [1.807, 2.05) is 12.1 Å². The Morgan fingerprint density at radius 3 is 2.53 bits per heavy atom. The molecule has 0 spiro atoms. The van der Waals surface area contributed by atoms with Gasteiger partial charge >= 0.3 is 5.97 Å². The average molecular weight is 490 g/mol. The number of ether oxygens (including phenoxy) is 1. The number of hydrogen-bond donors (Lipinski definition) is 1. The fraction of sp³-hybridized carbons (Fsp3) is 0.419. The zero-order chi connectivity index (χ0) is 25.8. The van der Waals surface area contributed by atoms with Gasteiger partial charge in [0.1, 0.15) is 13.2 Å². The van der Waals surface area contributed by atoms with Gasteiger partial charge in [0, 0.05) is 26.1 Å². The number of aliphatic hydroxyl groups is 1. The lowest BCUT2D eigenvalue weighted by molar-refractivity contribution is -0.145. The third kappa shape index (κ3) is 8.58. The van der Waals surface area contributed by atoms with Gasteiger partial charge in [0.15, 0.2) is 5.78 Å². The quantitative estimate of drug-likeness (QED) is 0.266. The van der Waals surface area contributed by atoms with E-state index in [0.29, 0.717) is 25.5 Å². The molecule has 5 nitrogen and oxygen atoms in total. The molecule has 0 heterocycles. The van der Waals surface area contributed by atoms with Gasteiger partial charge in [-0.15, -0.1) is 0 Å². The lowest BCUT2D eigenvalue weighted by atomic mass is 10.00. The topological polar surface area (TPSA) is 66.8 Å². The molecule has 0 fully saturated rings. The van der Waals surface area contributed by atoms with Crippen LogP contribution in [0.4, 0.5) is 0 Å². The number of hydrogen-bond acceptors (Lipinski definition) is 5. The second kappa shape index (κ2) is 14.5. The van der Waals surface area contributed by atoms with E-state index in [2.05, 4.69) is 61.2 Å². The SMILES string of the molecule is CCC(CC)CC(=O)OCCN(CCC1=CCc2ccccc21)Cc1ccc(/C=C/C(=O)CO)cc1. The molecule has 0 saturated carbocycles. The molecule has 5 heteroatoms. The maximum Gasteiger partial charge on any atom is 0.306 e. The molecule has 0 aliphatic heterocycles. The Bertz CT molecular complexity index is 1050. The Balaban J connectivity index is 1.60. The summed E-state index contributed by atoms with van der Waals surface area (Å²) in [6.07, 6.45) is 9.85. The van der Waals surface area contributed by atoms with Gasteiger partial charge in [-0.1, -0.05) is 87.4 Å². The van der Waals surface area contributed by atoms with Gasteiger partial charge in [0.05, 0.1) is 0 Å². The van der Waals surface area contributed by atoms with Crippen LogP contribution in [0.5, 0.6) is 0 Å². The first kappa shape index (κ1) is 27.6. The van der Waals surface area contributed by atoms with E-state index in [-0.39, 0.29) is 11.8 Å². The molecule has 1 aliphatic carbocycles. The van der Waals surface area contributed by atoms with Crippen molar-refractivity contribution < 1.29 is 19.4 Å². The fourth-order valence-corrected chi connectivity index (χ4v) is 4.53. The predicted octanol–water partition coefficient (Wildman–Crippen LogP) is 5.46. The summed E-state index contributed by atoms with van der Waals surface area (Å²) < 4.78 is 5.60.